The largest absolute Gasteiger partial charge is 0.493 e. The second-order valence-electron chi connectivity index (χ2n) is 4.26. The van der Waals surface area contributed by atoms with Gasteiger partial charge in [0.1, 0.15) is 6.61 Å². The molecule has 0 atom stereocenters. The van der Waals surface area contributed by atoms with E-state index >= 15 is 0 Å². The molecule has 22 heavy (non-hydrogen) atoms. The van der Waals surface area contributed by atoms with Crippen LogP contribution in [0.3, 0.4) is 0 Å². The summed E-state index contributed by atoms with van der Waals surface area (Å²) >= 11 is 4.70. The monoisotopic (exact) mass is 319 g/mol. The van der Waals surface area contributed by atoms with Gasteiger partial charge in [-0.05, 0) is 24.4 Å². The lowest BCUT2D eigenvalue weighted by Gasteiger charge is -2.13. The molecule has 2 aromatic rings. The van der Waals surface area contributed by atoms with Crippen molar-refractivity contribution in [3.63, 3.8) is 0 Å². The summed E-state index contributed by atoms with van der Waals surface area (Å²) in [6, 6.07) is 5.54. The summed E-state index contributed by atoms with van der Waals surface area (Å²) in [6.45, 7) is 1.15. The zero-order valence-corrected chi connectivity index (χ0v) is 12.9. The Morgan fingerprint density at radius 3 is 3.09 bits per heavy atom. The summed E-state index contributed by atoms with van der Waals surface area (Å²) in [6.07, 6.45) is 6.91. The Balaban J connectivity index is 2.08. The van der Waals surface area contributed by atoms with Crippen molar-refractivity contribution in [1.82, 2.24) is 15.0 Å². The van der Waals surface area contributed by atoms with E-state index in [1.54, 1.807) is 25.8 Å². The van der Waals surface area contributed by atoms with Crippen LogP contribution >= 0.6 is 12.2 Å². The summed E-state index contributed by atoms with van der Waals surface area (Å²) in [7, 11) is 1.59. The molecule has 0 aliphatic carbocycles. The maximum Gasteiger partial charge on any atom is 0.184 e. The van der Waals surface area contributed by atoms with Crippen molar-refractivity contribution in [1.29, 1.82) is 0 Å². The van der Waals surface area contributed by atoms with Crippen LogP contribution in [0.15, 0.2) is 42.0 Å². The first kappa shape index (κ1) is 15.8. The quantitative estimate of drug-likeness (QED) is 0.452. The van der Waals surface area contributed by atoms with Gasteiger partial charge >= 0.3 is 0 Å². The van der Waals surface area contributed by atoms with Gasteiger partial charge in [0.15, 0.2) is 16.6 Å². The van der Waals surface area contributed by atoms with Crippen LogP contribution in [0.5, 0.6) is 11.5 Å². The highest BCUT2D eigenvalue weighted by Crippen LogP contribution is 2.30. The molecule has 0 aliphatic rings. The summed E-state index contributed by atoms with van der Waals surface area (Å²) in [5.74, 6) is 1.24. The zero-order chi connectivity index (χ0) is 15.8. The Kier molecular flexibility index (Phi) is 5.73. The molecule has 0 radical (unpaired) electrons. The fraction of sp³-hybridized carbons (Fsp3) is 0.214. The molecule has 2 rings (SSSR count). The molecular weight excluding hydrogens is 302 g/mol. The molecule has 0 fully saturated rings. The van der Waals surface area contributed by atoms with Gasteiger partial charge in [-0.3, -0.25) is 5.43 Å². The predicted molar refractivity (Wildman–Crippen MR) is 88.2 cm³/mol. The number of imidazole rings is 1. The average Bonchev–Trinajstić information content (AvgIpc) is 3.01. The van der Waals surface area contributed by atoms with Crippen molar-refractivity contribution in [2.24, 2.45) is 10.8 Å². The lowest BCUT2D eigenvalue weighted by atomic mass is 10.2. The first-order valence-electron chi connectivity index (χ1n) is 6.54. The number of aromatic nitrogens is 2. The van der Waals surface area contributed by atoms with Crippen LogP contribution in [0.2, 0.25) is 0 Å². The number of nitrogens with two attached hydrogens (primary N) is 1. The lowest BCUT2D eigenvalue weighted by molar-refractivity contribution is 0.279. The summed E-state index contributed by atoms with van der Waals surface area (Å²) in [4.78, 5) is 3.99. The van der Waals surface area contributed by atoms with E-state index in [0.717, 1.165) is 5.56 Å². The van der Waals surface area contributed by atoms with Crippen LogP contribution in [0.25, 0.3) is 0 Å². The topological polar surface area (TPSA) is 86.7 Å². The molecule has 0 amide bonds. The molecular formula is C14H17N5O2S. The normalized spacial score (nSPS) is 10.6. The van der Waals surface area contributed by atoms with E-state index < -0.39 is 0 Å². The second-order valence-corrected chi connectivity index (χ2v) is 4.70. The third-order valence-electron chi connectivity index (χ3n) is 2.76. The summed E-state index contributed by atoms with van der Waals surface area (Å²) < 4.78 is 13.1. The molecule has 0 bridgehead atoms. The summed E-state index contributed by atoms with van der Waals surface area (Å²) in [5, 5.41) is 4.04. The molecule has 0 unspecified atom stereocenters. The molecule has 1 aromatic heterocycles. The third kappa shape index (κ3) is 4.45. The number of hydrogen-bond donors (Lipinski definition) is 2. The number of benzene rings is 1. The first-order valence-corrected chi connectivity index (χ1v) is 6.95. The number of hydrogen-bond acceptors (Lipinski definition) is 5. The highest BCUT2D eigenvalue weighted by Gasteiger charge is 2.09. The standard InChI is InChI=1S/C14H17N5O2S/c1-20-12-4-2-3-11(9-17-18-14(15)22)13(12)21-8-7-19-6-5-16-10-19/h2-6,9-10H,7-8H2,1H3,(H3,15,18,22). The number of nitrogens with zero attached hydrogens (tertiary/aromatic N) is 3. The van der Waals surface area contributed by atoms with Gasteiger partial charge in [0.2, 0.25) is 0 Å². The number of rotatable bonds is 7. The second kappa shape index (κ2) is 7.99. The van der Waals surface area contributed by atoms with Crippen molar-refractivity contribution in [3.05, 3.63) is 42.5 Å². The number of methoxy groups -OCH3 is 1. The molecule has 0 aliphatic heterocycles. The van der Waals surface area contributed by atoms with E-state index in [1.165, 1.54) is 0 Å². The van der Waals surface area contributed by atoms with E-state index in [-0.39, 0.29) is 5.11 Å². The van der Waals surface area contributed by atoms with Crippen LogP contribution < -0.4 is 20.6 Å². The molecule has 8 heteroatoms. The lowest BCUT2D eigenvalue weighted by Crippen LogP contribution is -2.24. The van der Waals surface area contributed by atoms with E-state index in [0.29, 0.717) is 24.7 Å². The van der Waals surface area contributed by atoms with E-state index in [2.05, 4.69) is 15.5 Å². The fourth-order valence-corrected chi connectivity index (χ4v) is 1.84. The average molecular weight is 319 g/mol. The van der Waals surface area contributed by atoms with Gasteiger partial charge in [-0.25, -0.2) is 4.98 Å². The molecule has 0 saturated carbocycles. The first-order chi connectivity index (χ1) is 10.7. The minimum Gasteiger partial charge on any atom is -0.493 e. The maximum absolute atomic E-state index is 5.83. The van der Waals surface area contributed by atoms with Crippen LogP contribution in [0.1, 0.15) is 5.56 Å². The third-order valence-corrected chi connectivity index (χ3v) is 2.85. The van der Waals surface area contributed by atoms with Crippen LogP contribution in [-0.2, 0) is 6.54 Å². The van der Waals surface area contributed by atoms with Crippen molar-refractivity contribution in [2.45, 2.75) is 6.54 Å². The minimum absolute atomic E-state index is 0.0988. The molecule has 7 nitrogen and oxygen atoms in total. The molecule has 1 heterocycles. The van der Waals surface area contributed by atoms with Crippen LogP contribution in [0, 0.1) is 0 Å². The van der Waals surface area contributed by atoms with Gasteiger partial charge in [-0.2, -0.15) is 5.10 Å². The molecule has 0 spiro atoms. The van der Waals surface area contributed by atoms with Crippen LogP contribution in [0.4, 0.5) is 0 Å². The zero-order valence-electron chi connectivity index (χ0n) is 12.1. The van der Waals surface area contributed by atoms with E-state index in [1.807, 2.05) is 29.0 Å². The van der Waals surface area contributed by atoms with Crippen LogP contribution in [-0.4, -0.2) is 34.6 Å². The number of thiocarbonyl (C=S) groups is 1. The Bertz CT molecular complexity index is 643. The van der Waals surface area contributed by atoms with Crippen molar-refractivity contribution < 1.29 is 9.47 Å². The van der Waals surface area contributed by atoms with Gasteiger partial charge in [0.05, 0.1) is 26.2 Å². The van der Waals surface area contributed by atoms with Gasteiger partial charge < -0.3 is 19.8 Å². The van der Waals surface area contributed by atoms with Crippen molar-refractivity contribution >= 4 is 23.5 Å². The molecule has 3 N–H and O–H groups in total. The summed E-state index contributed by atoms with van der Waals surface area (Å²) in [5.41, 5.74) is 8.59. The SMILES string of the molecule is COc1cccc(C=NNC(N)=S)c1OCCn1ccnc1. The van der Waals surface area contributed by atoms with Gasteiger partial charge in [-0.1, -0.05) is 6.07 Å². The van der Waals surface area contributed by atoms with Crippen molar-refractivity contribution in [2.75, 3.05) is 13.7 Å². The molecule has 116 valence electrons. The number of ether oxygens (including phenoxy) is 2. The Morgan fingerprint density at radius 1 is 1.55 bits per heavy atom. The van der Waals surface area contributed by atoms with Gasteiger partial charge in [0, 0.05) is 18.0 Å². The highest BCUT2D eigenvalue weighted by molar-refractivity contribution is 7.80. The number of nitrogens with one attached hydrogen (secondary N) is 1. The molecule has 1 aromatic carbocycles. The minimum atomic E-state index is 0.0988. The fourth-order valence-electron chi connectivity index (χ4n) is 1.79. The van der Waals surface area contributed by atoms with Gasteiger partial charge in [0.25, 0.3) is 0 Å². The van der Waals surface area contributed by atoms with E-state index in [9.17, 15) is 0 Å². The Hall–Kier alpha value is -2.61. The molecule has 0 saturated heterocycles. The number of para-hydroxylation sites is 1. The maximum atomic E-state index is 5.83. The highest BCUT2D eigenvalue weighted by atomic mass is 32.1. The predicted octanol–water partition coefficient (Wildman–Crippen LogP) is 1.14. The van der Waals surface area contributed by atoms with E-state index in [4.69, 9.17) is 27.4 Å². The Labute approximate surface area is 133 Å². The van der Waals surface area contributed by atoms with Gasteiger partial charge in [-0.15, -0.1) is 0 Å². The van der Waals surface area contributed by atoms with Crippen molar-refractivity contribution in [3.8, 4) is 11.5 Å². The smallest absolute Gasteiger partial charge is 0.184 e. The number of hydrazone groups is 1. The Morgan fingerprint density at radius 2 is 2.41 bits per heavy atom.